The van der Waals surface area contributed by atoms with Crippen LogP contribution >= 0.6 is 0 Å². The molecular formula is C6H17N3. The number of terminal acetylenes is 1. The highest BCUT2D eigenvalue weighted by Gasteiger charge is 1.62. The standard InChI is InChI=1S/C4H11N.C2H2.H4N2/c1-3-5-4-2;2*1-2/h5H,3-4H2,1-2H3;1-2H;1-2H2. The second-order valence-electron chi connectivity index (χ2n) is 0.957. The summed E-state index contributed by atoms with van der Waals surface area (Å²) >= 11 is 0. The van der Waals surface area contributed by atoms with Crippen LogP contribution < -0.4 is 17.0 Å². The molecule has 0 aliphatic rings. The van der Waals surface area contributed by atoms with Gasteiger partial charge in [0.15, 0.2) is 0 Å². The number of hydrazine groups is 1. The quantitative estimate of drug-likeness (QED) is 0.273. The van der Waals surface area contributed by atoms with E-state index in [0.717, 1.165) is 13.1 Å². The van der Waals surface area contributed by atoms with Gasteiger partial charge in [0.2, 0.25) is 0 Å². The Balaban J connectivity index is -0.0000000771. The Morgan fingerprint density at radius 1 is 1.11 bits per heavy atom. The van der Waals surface area contributed by atoms with Crippen molar-refractivity contribution in [1.29, 1.82) is 0 Å². The minimum absolute atomic E-state index is 1.09. The smallest absolute Gasteiger partial charge is 0.00775 e. The van der Waals surface area contributed by atoms with Gasteiger partial charge in [0.25, 0.3) is 0 Å². The van der Waals surface area contributed by atoms with Gasteiger partial charge in [-0.1, -0.05) is 13.8 Å². The fraction of sp³-hybridized carbons (Fsp3) is 0.667. The maximum Gasteiger partial charge on any atom is -0.00775 e. The van der Waals surface area contributed by atoms with Crippen molar-refractivity contribution in [2.24, 2.45) is 11.7 Å². The van der Waals surface area contributed by atoms with Crippen LogP contribution in [0.5, 0.6) is 0 Å². The average molecular weight is 131 g/mol. The molecule has 0 fully saturated rings. The van der Waals surface area contributed by atoms with Gasteiger partial charge in [-0.25, -0.2) is 0 Å². The Kier molecular flexibility index (Phi) is 90.9. The summed E-state index contributed by atoms with van der Waals surface area (Å²) in [5.74, 6) is 8.00. The molecule has 3 heteroatoms. The fourth-order valence-electron chi connectivity index (χ4n) is 0.250. The van der Waals surface area contributed by atoms with Crippen molar-refractivity contribution in [1.82, 2.24) is 5.32 Å². The average Bonchev–Trinajstić information content (AvgIpc) is 1.98. The molecule has 9 heavy (non-hydrogen) atoms. The van der Waals surface area contributed by atoms with Gasteiger partial charge in [-0.3, -0.25) is 11.7 Å². The van der Waals surface area contributed by atoms with Crippen LogP contribution in [0.2, 0.25) is 0 Å². The topological polar surface area (TPSA) is 64.1 Å². The molecule has 0 radical (unpaired) electrons. The van der Waals surface area contributed by atoms with Crippen LogP contribution in [-0.4, -0.2) is 13.1 Å². The zero-order chi connectivity index (χ0) is 8.12. The highest BCUT2D eigenvalue weighted by Crippen LogP contribution is 1.47. The predicted molar refractivity (Wildman–Crippen MR) is 42.5 cm³/mol. The minimum atomic E-state index is 1.09. The van der Waals surface area contributed by atoms with Gasteiger partial charge < -0.3 is 5.32 Å². The van der Waals surface area contributed by atoms with Crippen molar-refractivity contribution in [2.75, 3.05) is 13.1 Å². The number of nitrogens with two attached hydrogens (primary N) is 2. The largest absolute Gasteiger partial charge is 0.317 e. The highest BCUT2D eigenvalue weighted by molar-refractivity contribution is 4.47. The van der Waals surface area contributed by atoms with E-state index >= 15 is 0 Å². The Bertz CT molecular complexity index is 32.5. The van der Waals surface area contributed by atoms with Crippen molar-refractivity contribution in [2.45, 2.75) is 13.8 Å². The number of rotatable bonds is 2. The first-order valence-corrected chi connectivity index (χ1v) is 2.79. The molecule has 5 N–H and O–H groups in total. The maximum absolute atomic E-state index is 4.00. The Morgan fingerprint density at radius 2 is 1.33 bits per heavy atom. The van der Waals surface area contributed by atoms with E-state index < -0.39 is 0 Å². The molecule has 0 unspecified atom stereocenters. The van der Waals surface area contributed by atoms with Crippen LogP contribution in [-0.2, 0) is 0 Å². The number of hydrogen-bond acceptors (Lipinski definition) is 3. The van der Waals surface area contributed by atoms with Gasteiger partial charge in [0.05, 0.1) is 0 Å². The summed E-state index contributed by atoms with van der Waals surface area (Å²) in [5, 5.41) is 3.11. The molecule has 0 atom stereocenters. The monoisotopic (exact) mass is 131 g/mol. The lowest BCUT2D eigenvalue weighted by Crippen LogP contribution is -2.09. The molecule has 0 aliphatic carbocycles. The van der Waals surface area contributed by atoms with Gasteiger partial charge in [-0.2, -0.15) is 0 Å². The van der Waals surface area contributed by atoms with Gasteiger partial charge in [0.1, 0.15) is 0 Å². The first-order valence-electron chi connectivity index (χ1n) is 2.79. The molecule has 3 nitrogen and oxygen atoms in total. The normalized spacial score (nSPS) is 5.56. The van der Waals surface area contributed by atoms with Crippen molar-refractivity contribution in [3.05, 3.63) is 0 Å². The van der Waals surface area contributed by atoms with E-state index in [1.807, 2.05) is 0 Å². The first-order chi connectivity index (χ1) is 4.41. The lowest BCUT2D eigenvalue weighted by atomic mass is 10.7. The fourth-order valence-corrected chi connectivity index (χ4v) is 0.250. The molecule has 0 aliphatic heterocycles. The summed E-state index contributed by atoms with van der Waals surface area (Å²) < 4.78 is 0. The van der Waals surface area contributed by atoms with Crippen LogP contribution in [0.4, 0.5) is 0 Å². The van der Waals surface area contributed by atoms with Crippen molar-refractivity contribution in [3.8, 4) is 12.8 Å². The van der Waals surface area contributed by atoms with Crippen LogP contribution in [0, 0.1) is 12.8 Å². The van der Waals surface area contributed by atoms with Crippen LogP contribution in [0.1, 0.15) is 13.8 Å². The second kappa shape index (κ2) is 51.8. The Morgan fingerprint density at radius 3 is 1.33 bits per heavy atom. The third-order valence-electron chi connectivity index (χ3n) is 0.500. The summed E-state index contributed by atoms with van der Waals surface area (Å²) in [6.45, 7) is 6.39. The van der Waals surface area contributed by atoms with E-state index in [9.17, 15) is 0 Å². The van der Waals surface area contributed by atoms with Crippen molar-refractivity contribution < 1.29 is 0 Å². The molecular weight excluding hydrogens is 114 g/mol. The lowest BCUT2D eigenvalue weighted by Gasteiger charge is -1.86. The van der Waals surface area contributed by atoms with Gasteiger partial charge in [0, 0.05) is 0 Å². The zero-order valence-electron chi connectivity index (χ0n) is 6.22. The number of nitrogens with one attached hydrogen (secondary N) is 1. The molecule has 0 aromatic rings. The summed E-state index contributed by atoms with van der Waals surface area (Å²) in [5.41, 5.74) is 0. The zero-order valence-corrected chi connectivity index (χ0v) is 6.22. The maximum atomic E-state index is 4.00. The Labute approximate surface area is 57.8 Å². The molecule has 0 spiro atoms. The van der Waals surface area contributed by atoms with Crippen LogP contribution in [0.15, 0.2) is 0 Å². The molecule has 0 saturated heterocycles. The SMILES string of the molecule is C#C.CCNCC.NN. The molecule has 0 amide bonds. The van der Waals surface area contributed by atoms with Crippen LogP contribution in [0.25, 0.3) is 0 Å². The summed E-state index contributed by atoms with van der Waals surface area (Å²) in [4.78, 5) is 0. The molecule has 56 valence electrons. The molecule has 0 saturated carbocycles. The van der Waals surface area contributed by atoms with E-state index in [1.165, 1.54) is 0 Å². The second-order valence-corrected chi connectivity index (χ2v) is 0.957. The third kappa shape index (κ3) is 106. The molecule has 0 rings (SSSR count). The predicted octanol–water partition coefficient (Wildman–Crippen LogP) is -0.316. The lowest BCUT2D eigenvalue weighted by molar-refractivity contribution is 0.762. The van der Waals surface area contributed by atoms with Crippen LogP contribution in [0.3, 0.4) is 0 Å². The van der Waals surface area contributed by atoms with Gasteiger partial charge in [-0.05, 0) is 13.1 Å². The Hall–Kier alpha value is -0.560. The van der Waals surface area contributed by atoms with E-state index in [2.05, 4.69) is 43.7 Å². The molecule has 0 bridgehead atoms. The third-order valence-corrected chi connectivity index (χ3v) is 0.500. The van der Waals surface area contributed by atoms with E-state index in [1.54, 1.807) is 0 Å². The molecule has 0 aromatic carbocycles. The first kappa shape index (κ1) is 15.8. The number of hydrogen-bond donors (Lipinski definition) is 3. The molecule has 0 aromatic heterocycles. The summed E-state index contributed by atoms with van der Waals surface area (Å²) in [7, 11) is 0. The minimum Gasteiger partial charge on any atom is -0.317 e. The van der Waals surface area contributed by atoms with Crippen molar-refractivity contribution >= 4 is 0 Å². The van der Waals surface area contributed by atoms with Crippen molar-refractivity contribution in [3.63, 3.8) is 0 Å². The summed E-state index contributed by atoms with van der Waals surface area (Å²) in [6.07, 6.45) is 8.00. The van der Waals surface area contributed by atoms with E-state index in [4.69, 9.17) is 0 Å². The van der Waals surface area contributed by atoms with Gasteiger partial charge in [-0.15, -0.1) is 12.8 Å². The summed E-state index contributed by atoms with van der Waals surface area (Å²) in [6, 6.07) is 0. The highest BCUT2D eigenvalue weighted by atomic mass is 15.0. The van der Waals surface area contributed by atoms with Gasteiger partial charge >= 0.3 is 0 Å². The molecule has 0 heterocycles. The van der Waals surface area contributed by atoms with E-state index in [0.29, 0.717) is 0 Å². The van der Waals surface area contributed by atoms with E-state index in [-0.39, 0.29) is 0 Å².